The molecule has 0 aromatic carbocycles. The van der Waals surface area contributed by atoms with E-state index in [0.717, 1.165) is 26.2 Å². The quantitative estimate of drug-likeness (QED) is 0.600. The van der Waals surface area contributed by atoms with Gasteiger partial charge in [0.15, 0.2) is 0 Å². The molecule has 0 aliphatic rings. The van der Waals surface area contributed by atoms with E-state index in [1.807, 2.05) is 6.92 Å². The van der Waals surface area contributed by atoms with E-state index in [1.54, 1.807) is 0 Å². The Hall–Kier alpha value is -0.120. The highest BCUT2D eigenvalue weighted by molar-refractivity contribution is 4.69. The predicted octanol–water partition coefficient (Wildman–Crippen LogP) is 2.99. The van der Waals surface area contributed by atoms with Gasteiger partial charge in [-0.15, -0.1) is 0 Å². The van der Waals surface area contributed by atoms with Gasteiger partial charge in [-0.3, -0.25) is 0 Å². The van der Waals surface area contributed by atoms with Crippen molar-refractivity contribution in [2.45, 2.75) is 65.5 Å². The van der Waals surface area contributed by atoms with Crippen LogP contribution in [0.25, 0.3) is 0 Å². The second-order valence-corrected chi connectivity index (χ2v) is 5.58. The lowest BCUT2D eigenvalue weighted by Crippen LogP contribution is -2.36. The summed E-state index contributed by atoms with van der Waals surface area (Å²) in [6.07, 6.45) is 3.82. The van der Waals surface area contributed by atoms with E-state index < -0.39 is 0 Å². The number of hydrogen-bond donors (Lipinski definition) is 1. The molecule has 0 aliphatic heterocycles. The van der Waals surface area contributed by atoms with Crippen LogP contribution in [0.1, 0.15) is 53.9 Å². The van der Waals surface area contributed by atoms with Crippen LogP contribution >= 0.6 is 0 Å². The summed E-state index contributed by atoms with van der Waals surface area (Å²) in [5.74, 6) is 0. The van der Waals surface area contributed by atoms with Crippen molar-refractivity contribution in [1.29, 1.82) is 0 Å². The van der Waals surface area contributed by atoms with E-state index in [9.17, 15) is 0 Å². The average Bonchev–Trinajstić information content (AvgIpc) is 2.23. The molecular weight excluding hydrogens is 214 g/mol. The zero-order valence-corrected chi connectivity index (χ0v) is 12.3. The molecule has 104 valence electrons. The molecule has 0 radical (unpaired) electrons. The third kappa shape index (κ3) is 13.8. The third-order valence-corrected chi connectivity index (χ3v) is 2.44. The van der Waals surface area contributed by atoms with Crippen molar-refractivity contribution in [2.24, 2.45) is 0 Å². The normalized spacial score (nSPS) is 13.9. The topological polar surface area (TPSA) is 30.5 Å². The fourth-order valence-corrected chi connectivity index (χ4v) is 1.48. The molecule has 0 aromatic heterocycles. The number of hydrogen-bond acceptors (Lipinski definition) is 3. The Kier molecular flexibility index (Phi) is 9.79. The minimum absolute atomic E-state index is 0.225. The molecule has 1 unspecified atom stereocenters. The van der Waals surface area contributed by atoms with Gasteiger partial charge in [-0.2, -0.15) is 0 Å². The van der Waals surface area contributed by atoms with Crippen molar-refractivity contribution < 1.29 is 9.47 Å². The maximum Gasteiger partial charge on any atom is 0.0780 e. The molecule has 1 N–H and O–H groups in total. The Bertz CT molecular complexity index is 166. The van der Waals surface area contributed by atoms with Crippen molar-refractivity contribution in [1.82, 2.24) is 5.32 Å². The summed E-state index contributed by atoms with van der Waals surface area (Å²) >= 11 is 0. The van der Waals surface area contributed by atoms with Crippen LogP contribution in [0.4, 0.5) is 0 Å². The van der Waals surface area contributed by atoms with Gasteiger partial charge in [-0.05, 0) is 60.4 Å². The number of unbranched alkanes of at least 4 members (excludes halogenated alkanes) is 2. The van der Waals surface area contributed by atoms with Gasteiger partial charge in [0.2, 0.25) is 0 Å². The first-order chi connectivity index (χ1) is 7.95. The van der Waals surface area contributed by atoms with E-state index in [1.165, 1.54) is 12.8 Å². The van der Waals surface area contributed by atoms with Crippen LogP contribution in [0.15, 0.2) is 0 Å². The molecule has 0 bridgehead atoms. The SMILES string of the molecule is CCOCC(C)OCCCCCNC(C)(C)C. The van der Waals surface area contributed by atoms with Gasteiger partial charge >= 0.3 is 0 Å². The molecule has 17 heavy (non-hydrogen) atoms. The third-order valence-electron chi connectivity index (χ3n) is 2.44. The Morgan fingerprint density at radius 2 is 1.82 bits per heavy atom. The summed E-state index contributed by atoms with van der Waals surface area (Å²) in [4.78, 5) is 0. The summed E-state index contributed by atoms with van der Waals surface area (Å²) in [6, 6.07) is 0. The van der Waals surface area contributed by atoms with Crippen molar-refractivity contribution in [3.05, 3.63) is 0 Å². The Labute approximate surface area is 107 Å². The molecule has 0 fully saturated rings. The van der Waals surface area contributed by atoms with Crippen molar-refractivity contribution >= 4 is 0 Å². The van der Waals surface area contributed by atoms with E-state index in [2.05, 4.69) is 33.0 Å². The fraction of sp³-hybridized carbons (Fsp3) is 1.00. The van der Waals surface area contributed by atoms with Crippen LogP contribution in [0.2, 0.25) is 0 Å². The van der Waals surface area contributed by atoms with E-state index >= 15 is 0 Å². The molecular formula is C14H31NO2. The Morgan fingerprint density at radius 1 is 1.12 bits per heavy atom. The van der Waals surface area contributed by atoms with E-state index in [-0.39, 0.29) is 11.6 Å². The number of ether oxygens (including phenoxy) is 2. The van der Waals surface area contributed by atoms with Crippen molar-refractivity contribution in [3.63, 3.8) is 0 Å². The molecule has 1 atom stereocenters. The highest BCUT2D eigenvalue weighted by atomic mass is 16.5. The summed E-state index contributed by atoms with van der Waals surface area (Å²) in [6.45, 7) is 14.1. The first-order valence-corrected chi connectivity index (χ1v) is 6.90. The highest BCUT2D eigenvalue weighted by Crippen LogP contribution is 2.02. The van der Waals surface area contributed by atoms with Gasteiger partial charge < -0.3 is 14.8 Å². The zero-order valence-electron chi connectivity index (χ0n) is 12.3. The zero-order chi connectivity index (χ0) is 13.1. The van der Waals surface area contributed by atoms with Crippen LogP contribution in [-0.2, 0) is 9.47 Å². The van der Waals surface area contributed by atoms with Crippen molar-refractivity contribution in [2.75, 3.05) is 26.4 Å². The van der Waals surface area contributed by atoms with Crippen LogP contribution < -0.4 is 5.32 Å². The van der Waals surface area contributed by atoms with Gasteiger partial charge in [0.1, 0.15) is 0 Å². The summed E-state index contributed by atoms with van der Waals surface area (Å²) < 4.78 is 10.9. The molecule has 0 spiro atoms. The number of rotatable bonds is 10. The second-order valence-electron chi connectivity index (χ2n) is 5.58. The first-order valence-electron chi connectivity index (χ1n) is 6.90. The minimum atomic E-state index is 0.225. The maximum atomic E-state index is 5.65. The fourth-order valence-electron chi connectivity index (χ4n) is 1.48. The Balaban J connectivity index is 3.18. The van der Waals surface area contributed by atoms with Crippen LogP contribution in [0.5, 0.6) is 0 Å². The lowest BCUT2D eigenvalue weighted by atomic mass is 10.1. The summed E-state index contributed by atoms with van der Waals surface area (Å²) in [5.41, 5.74) is 0.239. The summed E-state index contributed by atoms with van der Waals surface area (Å²) in [5, 5.41) is 3.49. The molecule has 0 heterocycles. The molecule has 0 saturated heterocycles. The molecule has 0 aliphatic carbocycles. The van der Waals surface area contributed by atoms with E-state index in [4.69, 9.17) is 9.47 Å². The Morgan fingerprint density at radius 3 is 2.41 bits per heavy atom. The van der Waals surface area contributed by atoms with Gasteiger partial charge in [0, 0.05) is 18.8 Å². The molecule has 0 saturated carbocycles. The molecule has 0 amide bonds. The average molecular weight is 245 g/mol. The summed E-state index contributed by atoms with van der Waals surface area (Å²) in [7, 11) is 0. The lowest BCUT2D eigenvalue weighted by molar-refractivity contribution is -0.00456. The highest BCUT2D eigenvalue weighted by Gasteiger charge is 2.07. The molecule has 0 aromatic rings. The van der Waals surface area contributed by atoms with Crippen LogP contribution in [0.3, 0.4) is 0 Å². The first kappa shape index (κ1) is 16.9. The van der Waals surface area contributed by atoms with Crippen LogP contribution in [-0.4, -0.2) is 38.0 Å². The van der Waals surface area contributed by atoms with Gasteiger partial charge in [-0.25, -0.2) is 0 Å². The van der Waals surface area contributed by atoms with Gasteiger partial charge in [0.25, 0.3) is 0 Å². The smallest absolute Gasteiger partial charge is 0.0780 e. The largest absolute Gasteiger partial charge is 0.379 e. The van der Waals surface area contributed by atoms with Gasteiger partial charge in [0.05, 0.1) is 12.7 Å². The van der Waals surface area contributed by atoms with E-state index in [0.29, 0.717) is 6.61 Å². The number of nitrogens with one attached hydrogen (secondary N) is 1. The molecule has 3 nitrogen and oxygen atoms in total. The molecule has 3 heteroatoms. The lowest BCUT2D eigenvalue weighted by Gasteiger charge is -2.20. The predicted molar refractivity (Wildman–Crippen MR) is 73.5 cm³/mol. The maximum absolute atomic E-state index is 5.65. The minimum Gasteiger partial charge on any atom is -0.379 e. The van der Waals surface area contributed by atoms with Crippen LogP contribution in [0, 0.1) is 0 Å². The molecule has 0 rings (SSSR count). The monoisotopic (exact) mass is 245 g/mol. The van der Waals surface area contributed by atoms with Crippen molar-refractivity contribution in [3.8, 4) is 0 Å². The van der Waals surface area contributed by atoms with Gasteiger partial charge in [-0.1, -0.05) is 0 Å². The standard InChI is InChI=1S/C14H31NO2/c1-6-16-12-13(2)17-11-9-7-8-10-15-14(3,4)5/h13,15H,6-12H2,1-5H3. The second kappa shape index (κ2) is 9.86.